The summed E-state index contributed by atoms with van der Waals surface area (Å²) < 4.78 is 0. The third-order valence-electron chi connectivity index (χ3n) is 4.12. The van der Waals surface area contributed by atoms with E-state index in [1.165, 1.54) is 16.7 Å². The van der Waals surface area contributed by atoms with Crippen molar-refractivity contribution in [1.82, 2.24) is 0 Å². The second-order valence-corrected chi connectivity index (χ2v) is 5.40. The van der Waals surface area contributed by atoms with Crippen molar-refractivity contribution in [3.63, 3.8) is 0 Å². The molecule has 3 rings (SSSR count). The van der Waals surface area contributed by atoms with Crippen LogP contribution in [0.15, 0.2) is 48.5 Å². The highest BCUT2D eigenvalue weighted by Gasteiger charge is 2.26. The second kappa shape index (κ2) is 5.06. The van der Waals surface area contributed by atoms with Crippen LogP contribution in [-0.2, 0) is 12.8 Å². The summed E-state index contributed by atoms with van der Waals surface area (Å²) in [6.07, 6.45) is 3.16. The molecular formula is C17H19NO. The van der Waals surface area contributed by atoms with Crippen molar-refractivity contribution in [2.24, 2.45) is 11.7 Å². The Labute approximate surface area is 113 Å². The minimum atomic E-state index is 0.104. The molecule has 0 aliphatic heterocycles. The summed E-state index contributed by atoms with van der Waals surface area (Å²) in [5, 5.41) is 9.53. The van der Waals surface area contributed by atoms with Gasteiger partial charge in [0.25, 0.3) is 0 Å². The van der Waals surface area contributed by atoms with Crippen molar-refractivity contribution in [1.29, 1.82) is 0 Å². The quantitative estimate of drug-likeness (QED) is 0.863. The molecule has 0 fully saturated rings. The molecule has 0 aromatic heterocycles. The molecule has 0 bridgehead atoms. The Hall–Kier alpha value is -1.80. The minimum absolute atomic E-state index is 0.104. The highest BCUT2D eigenvalue weighted by Crippen LogP contribution is 2.34. The molecule has 0 radical (unpaired) electrons. The normalized spacial score (nSPS) is 21.9. The molecule has 2 aromatic rings. The van der Waals surface area contributed by atoms with Gasteiger partial charge in [0, 0.05) is 6.04 Å². The van der Waals surface area contributed by atoms with Gasteiger partial charge in [-0.1, -0.05) is 36.4 Å². The molecule has 2 heteroatoms. The molecule has 0 saturated carbocycles. The van der Waals surface area contributed by atoms with E-state index >= 15 is 0 Å². The largest absolute Gasteiger partial charge is 0.508 e. The molecule has 2 atom stereocenters. The van der Waals surface area contributed by atoms with E-state index in [1.807, 2.05) is 12.1 Å². The molecule has 2 nitrogen and oxygen atoms in total. The maximum atomic E-state index is 9.53. The molecule has 19 heavy (non-hydrogen) atoms. The summed E-state index contributed by atoms with van der Waals surface area (Å²) in [5.74, 6) is 0.791. The van der Waals surface area contributed by atoms with E-state index in [9.17, 15) is 5.11 Å². The van der Waals surface area contributed by atoms with Crippen LogP contribution in [0.2, 0.25) is 0 Å². The molecular weight excluding hydrogens is 234 g/mol. The first-order chi connectivity index (χ1) is 9.24. The van der Waals surface area contributed by atoms with Gasteiger partial charge in [-0.15, -0.1) is 0 Å². The Balaban J connectivity index is 1.81. The van der Waals surface area contributed by atoms with Crippen LogP contribution in [0.25, 0.3) is 0 Å². The van der Waals surface area contributed by atoms with Crippen LogP contribution in [0.3, 0.4) is 0 Å². The number of fused-ring (bicyclic) bond motifs is 1. The Morgan fingerprint density at radius 3 is 2.79 bits per heavy atom. The fourth-order valence-electron chi connectivity index (χ4n) is 3.08. The molecule has 2 aromatic carbocycles. The highest BCUT2D eigenvalue weighted by molar-refractivity contribution is 5.34. The van der Waals surface area contributed by atoms with Crippen LogP contribution in [0.1, 0.15) is 29.2 Å². The van der Waals surface area contributed by atoms with Crippen LogP contribution in [0, 0.1) is 5.92 Å². The van der Waals surface area contributed by atoms with Crippen molar-refractivity contribution in [3.05, 3.63) is 65.2 Å². The van der Waals surface area contributed by atoms with Crippen molar-refractivity contribution in [2.45, 2.75) is 25.3 Å². The molecule has 2 unspecified atom stereocenters. The highest BCUT2D eigenvalue weighted by atomic mass is 16.3. The summed E-state index contributed by atoms with van der Waals surface area (Å²) in [6.45, 7) is 0. The van der Waals surface area contributed by atoms with Gasteiger partial charge in [-0.25, -0.2) is 0 Å². The number of hydrogen-bond acceptors (Lipinski definition) is 2. The first kappa shape index (κ1) is 12.2. The molecule has 0 amide bonds. The number of nitrogens with two attached hydrogens (primary N) is 1. The average molecular weight is 253 g/mol. The van der Waals surface area contributed by atoms with Crippen molar-refractivity contribution in [2.75, 3.05) is 0 Å². The van der Waals surface area contributed by atoms with Gasteiger partial charge in [-0.05, 0) is 54.0 Å². The van der Waals surface area contributed by atoms with Gasteiger partial charge in [0.05, 0.1) is 0 Å². The van der Waals surface area contributed by atoms with E-state index in [1.54, 1.807) is 6.07 Å². The number of hydrogen-bond donors (Lipinski definition) is 2. The smallest absolute Gasteiger partial charge is 0.115 e. The third kappa shape index (κ3) is 2.49. The summed E-state index contributed by atoms with van der Waals surface area (Å²) in [6, 6.07) is 16.1. The number of benzene rings is 2. The number of aromatic hydroxyl groups is 1. The molecule has 0 saturated heterocycles. The van der Waals surface area contributed by atoms with Crippen LogP contribution in [0.5, 0.6) is 5.75 Å². The van der Waals surface area contributed by atoms with Crippen LogP contribution in [-0.4, -0.2) is 5.11 Å². The molecule has 0 heterocycles. The SMILES string of the molecule is NC1c2ccccc2CCC1Cc1cccc(O)c1. The average Bonchev–Trinajstić information content (AvgIpc) is 2.42. The van der Waals surface area contributed by atoms with Crippen molar-refractivity contribution >= 4 is 0 Å². The topological polar surface area (TPSA) is 46.2 Å². The standard InChI is InChI=1S/C17H19NO/c18-17-14(10-12-4-3-6-15(19)11-12)9-8-13-5-1-2-7-16(13)17/h1-7,11,14,17,19H,8-10,18H2. The van der Waals surface area contributed by atoms with E-state index < -0.39 is 0 Å². The summed E-state index contributed by atoms with van der Waals surface area (Å²) in [4.78, 5) is 0. The number of phenolic OH excluding ortho intramolecular Hbond substituents is 1. The lowest BCUT2D eigenvalue weighted by atomic mass is 9.77. The Morgan fingerprint density at radius 2 is 1.95 bits per heavy atom. The Bertz CT molecular complexity index is 579. The zero-order chi connectivity index (χ0) is 13.2. The van der Waals surface area contributed by atoms with Crippen molar-refractivity contribution < 1.29 is 5.11 Å². The molecule has 1 aliphatic carbocycles. The van der Waals surface area contributed by atoms with Gasteiger partial charge < -0.3 is 10.8 Å². The first-order valence-corrected chi connectivity index (χ1v) is 6.85. The third-order valence-corrected chi connectivity index (χ3v) is 4.12. The maximum Gasteiger partial charge on any atom is 0.115 e. The van der Waals surface area contributed by atoms with E-state index in [0.29, 0.717) is 11.7 Å². The predicted octanol–water partition coefficient (Wildman–Crippen LogP) is 3.20. The van der Waals surface area contributed by atoms with Crippen LogP contribution in [0.4, 0.5) is 0 Å². The van der Waals surface area contributed by atoms with Crippen molar-refractivity contribution in [3.8, 4) is 5.75 Å². The molecule has 3 N–H and O–H groups in total. The fourth-order valence-corrected chi connectivity index (χ4v) is 3.08. The predicted molar refractivity (Wildman–Crippen MR) is 77.0 cm³/mol. The number of rotatable bonds is 2. The minimum Gasteiger partial charge on any atom is -0.508 e. The monoisotopic (exact) mass is 253 g/mol. The second-order valence-electron chi connectivity index (χ2n) is 5.40. The fraction of sp³-hybridized carbons (Fsp3) is 0.294. The van der Waals surface area contributed by atoms with E-state index in [2.05, 4.69) is 30.3 Å². The molecule has 98 valence electrons. The Morgan fingerprint density at radius 1 is 1.11 bits per heavy atom. The summed E-state index contributed by atoms with van der Waals surface area (Å²) >= 11 is 0. The van der Waals surface area contributed by atoms with Gasteiger partial charge in [-0.3, -0.25) is 0 Å². The van der Waals surface area contributed by atoms with Gasteiger partial charge in [-0.2, -0.15) is 0 Å². The summed E-state index contributed by atoms with van der Waals surface area (Å²) in [5.41, 5.74) is 10.3. The van der Waals surface area contributed by atoms with Gasteiger partial charge >= 0.3 is 0 Å². The lowest BCUT2D eigenvalue weighted by Gasteiger charge is -2.31. The van der Waals surface area contributed by atoms with E-state index in [4.69, 9.17) is 5.73 Å². The van der Waals surface area contributed by atoms with Gasteiger partial charge in [0.2, 0.25) is 0 Å². The van der Waals surface area contributed by atoms with E-state index in [-0.39, 0.29) is 6.04 Å². The zero-order valence-corrected chi connectivity index (χ0v) is 10.9. The van der Waals surface area contributed by atoms with E-state index in [0.717, 1.165) is 19.3 Å². The number of phenols is 1. The molecule has 1 aliphatic rings. The molecule has 0 spiro atoms. The zero-order valence-electron chi connectivity index (χ0n) is 10.9. The van der Waals surface area contributed by atoms with Gasteiger partial charge in [0.1, 0.15) is 5.75 Å². The van der Waals surface area contributed by atoms with Crippen LogP contribution < -0.4 is 5.73 Å². The lowest BCUT2D eigenvalue weighted by molar-refractivity contribution is 0.375. The van der Waals surface area contributed by atoms with Gasteiger partial charge in [0.15, 0.2) is 0 Å². The Kier molecular flexibility index (Phi) is 3.26. The maximum absolute atomic E-state index is 9.53. The number of aryl methyl sites for hydroxylation is 1. The lowest BCUT2D eigenvalue weighted by Crippen LogP contribution is -2.28. The summed E-state index contributed by atoms with van der Waals surface area (Å²) in [7, 11) is 0. The first-order valence-electron chi connectivity index (χ1n) is 6.85. The van der Waals surface area contributed by atoms with Crippen LogP contribution >= 0.6 is 0 Å².